The summed E-state index contributed by atoms with van der Waals surface area (Å²) in [6, 6.07) is 7.99. The molecular formula is C7H5OS. The summed E-state index contributed by atoms with van der Waals surface area (Å²) in [6.07, 6.45) is 0. The van der Waals surface area contributed by atoms with Gasteiger partial charge < -0.3 is 4.74 Å². The predicted octanol–water partition coefficient (Wildman–Crippen LogP) is 2.29. The highest BCUT2D eigenvalue weighted by Crippen LogP contribution is 2.37. The number of thioether (sulfide) groups is 1. The minimum absolute atomic E-state index is 0.975. The summed E-state index contributed by atoms with van der Waals surface area (Å²) in [5, 5.41) is 0. The van der Waals surface area contributed by atoms with Gasteiger partial charge in [0.15, 0.2) is 5.94 Å². The largest absolute Gasteiger partial charge is 0.473 e. The third-order valence-corrected chi connectivity index (χ3v) is 1.98. The Hall–Kier alpha value is -0.630. The van der Waals surface area contributed by atoms with Crippen molar-refractivity contribution in [2.75, 3.05) is 0 Å². The fourth-order valence-electron chi connectivity index (χ4n) is 0.773. The first-order valence-corrected chi connectivity index (χ1v) is 3.59. The molecule has 2 heteroatoms. The first-order valence-electron chi connectivity index (χ1n) is 2.71. The van der Waals surface area contributed by atoms with Crippen molar-refractivity contribution >= 4 is 11.8 Å². The van der Waals surface area contributed by atoms with E-state index in [0.29, 0.717) is 0 Å². The van der Waals surface area contributed by atoms with Gasteiger partial charge in [0.1, 0.15) is 5.75 Å². The summed E-state index contributed by atoms with van der Waals surface area (Å²) < 4.78 is 5.14. The second kappa shape index (κ2) is 1.95. The molecule has 1 radical (unpaired) electrons. The second-order valence-corrected chi connectivity index (χ2v) is 2.65. The Morgan fingerprint density at radius 2 is 2.11 bits per heavy atom. The molecule has 0 aromatic heterocycles. The van der Waals surface area contributed by atoms with Gasteiger partial charge >= 0.3 is 0 Å². The summed E-state index contributed by atoms with van der Waals surface area (Å²) in [5.41, 5.74) is 0. The van der Waals surface area contributed by atoms with E-state index in [2.05, 4.69) is 0 Å². The highest BCUT2D eigenvalue weighted by atomic mass is 32.2. The van der Waals surface area contributed by atoms with Gasteiger partial charge in [-0.05, 0) is 12.1 Å². The van der Waals surface area contributed by atoms with Crippen molar-refractivity contribution in [3.05, 3.63) is 30.2 Å². The maximum Gasteiger partial charge on any atom is 0.195 e. The Bertz CT molecular complexity index is 199. The fourth-order valence-corrected chi connectivity index (χ4v) is 1.42. The molecule has 0 amide bonds. The molecule has 0 unspecified atom stereocenters. The molecule has 1 nitrogen and oxygen atoms in total. The predicted molar refractivity (Wildman–Crippen MR) is 37.2 cm³/mol. The molecule has 1 aliphatic rings. The lowest BCUT2D eigenvalue weighted by molar-refractivity contribution is 0.459. The van der Waals surface area contributed by atoms with Crippen molar-refractivity contribution in [3.63, 3.8) is 0 Å². The highest BCUT2D eigenvalue weighted by Gasteiger charge is 2.10. The monoisotopic (exact) mass is 137 g/mol. The van der Waals surface area contributed by atoms with Gasteiger partial charge in [-0.3, -0.25) is 0 Å². The van der Waals surface area contributed by atoms with Crippen molar-refractivity contribution in [1.29, 1.82) is 0 Å². The molecule has 0 saturated heterocycles. The zero-order valence-electron chi connectivity index (χ0n) is 4.70. The van der Waals surface area contributed by atoms with E-state index in [1.165, 1.54) is 4.90 Å². The van der Waals surface area contributed by atoms with Crippen LogP contribution in [-0.4, -0.2) is 0 Å². The quantitative estimate of drug-likeness (QED) is 0.542. The lowest BCUT2D eigenvalue weighted by Gasteiger charge is -1.91. The van der Waals surface area contributed by atoms with E-state index in [1.54, 1.807) is 17.7 Å². The zero-order valence-corrected chi connectivity index (χ0v) is 5.52. The van der Waals surface area contributed by atoms with E-state index in [4.69, 9.17) is 4.74 Å². The molecule has 0 saturated carbocycles. The molecule has 1 aromatic rings. The minimum Gasteiger partial charge on any atom is -0.473 e. The molecule has 9 heavy (non-hydrogen) atoms. The van der Waals surface area contributed by atoms with E-state index >= 15 is 0 Å². The average molecular weight is 137 g/mol. The summed E-state index contributed by atoms with van der Waals surface area (Å²) in [6.45, 7) is 0. The van der Waals surface area contributed by atoms with Crippen LogP contribution in [0.3, 0.4) is 0 Å². The van der Waals surface area contributed by atoms with Gasteiger partial charge in [-0.1, -0.05) is 23.9 Å². The summed E-state index contributed by atoms with van der Waals surface area (Å²) in [5.74, 6) is 2.72. The van der Waals surface area contributed by atoms with E-state index in [9.17, 15) is 0 Å². The number of ether oxygens (including phenoxy) is 1. The van der Waals surface area contributed by atoms with Crippen LogP contribution in [0.5, 0.6) is 5.75 Å². The van der Waals surface area contributed by atoms with Crippen molar-refractivity contribution in [2.24, 2.45) is 0 Å². The van der Waals surface area contributed by atoms with Gasteiger partial charge in [-0.2, -0.15) is 0 Å². The van der Waals surface area contributed by atoms with E-state index in [1.807, 2.05) is 24.3 Å². The molecule has 45 valence electrons. The van der Waals surface area contributed by atoms with Gasteiger partial charge in [0.05, 0.1) is 4.90 Å². The number of fused-ring (bicyclic) bond motifs is 1. The number of para-hydroxylation sites is 1. The van der Waals surface area contributed by atoms with Crippen LogP contribution in [-0.2, 0) is 0 Å². The average Bonchev–Trinajstić information content (AvgIpc) is 2.33. The third-order valence-electron chi connectivity index (χ3n) is 1.20. The number of hydrogen-bond donors (Lipinski definition) is 0. The number of benzene rings is 1. The zero-order chi connectivity index (χ0) is 6.10. The Morgan fingerprint density at radius 1 is 1.22 bits per heavy atom. The van der Waals surface area contributed by atoms with E-state index < -0.39 is 0 Å². The van der Waals surface area contributed by atoms with Crippen LogP contribution in [0, 0.1) is 5.94 Å². The Balaban J connectivity index is 2.54. The number of hydrogen-bond acceptors (Lipinski definition) is 2. The van der Waals surface area contributed by atoms with E-state index in [0.717, 1.165) is 5.75 Å². The molecule has 0 spiro atoms. The number of rotatable bonds is 0. The molecule has 0 atom stereocenters. The highest BCUT2D eigenvalue weighted by molar-refractivity contribution is 8.01. The molecule has 1 aliphatic heterocycles. The molecule has 0 N–H and O–H groups in total. The first-order chi connectivity index (χ1) is 4.47. The second-order valence-electron chi connectivity index (χ2n) is 1.78. The molecular weight excluding hydrogens is 132 g/mol. The van der Waals surface area contributed by atoms with Gasteiger partial charge in [0.25, 0.3) is 0 Å². The molecule has 1 heterocycles. The van der Waals surface area contributed by atoms with Gasteiger partial charge in [0.2, 0.25) is 0 Å². The summed E-state index contributed by atoms with van der Waals surface area (Å²) in [4.78, 5) is 1.21. The van der Waals surface area contributed by atoms with Crippen molar-refractivity contribution in [2.45, 2.75) is 4.90 Å². The van der Waals surface area contributed by atoms with Crippen LogP contribution in [0.1, 0.15) is 0 Å². The molecule has 2 rings (SSSR count). The molecule has 0 fully saturated rings. The van der Waals surface area contributed by atoms with Crippen LogP contribution in [0.25, 0.3) is 0 Å². The minimum atomic E-state index is 0.975. The molecule has 0 aliphatic carbocycles. The smallest absolute Gasteiger partial charge is 0.195 e. The topological polar surface area (TPSA) is 9.23 Å². The lowest BCUT2D eigenvalue weighted by atomic mass is 10.3. The summed E-state index contributed by atoms with van der Waals surface area (Å²) >= 11 is 1.62. The first kappa shape index (κ1) is 5.18. The third kappa shape index (κ3) is 0.793. The maximum absolute atomic E-state index is 5.14. The SMILES string of the molecule is [CH]1Oc2ccccc2S1. The Labute approximate surface area is 58.0 Å². The van der Waals surface area contributed by atoms with Crippen molar-refractivity contribution in [1.82, 2.24) is 0 Å². The Morgan fingerprint density at radius 3 is 3.00 bits per heavy atom. The van der Waals surface area contributed by atoms with Crippen LogP contribution in [0.4, 0.5) is 0 Å². The molecule has 0 bridgehead atoms. The van der Waals surface area contributed by atoms with Crippen molar-refractivity contribution in [3.8, 4) is 5.75 Å². The lowest BCUT2D eigenvalue weighted by Crippen LogP contribution is -1.74. The normalized spacial score (nSPS) is 14.7. The van der Waals surface area contributed by atoms with Crippen LogP contribution >= 0.6 is 11.8 Å². The maximum atomic E-state index is 5.14. The van der Waals surface area contributed by atoms with Crippen LogP contribution in [0.15, 0.2) is 29.2 Å². The van der Waals surface area contributed by atoms with Crippen molar-refractivity contribution < 1.29 is 4.74 Å². The summed E-state index contributed by atoms with van der Waals surface area (Å²) in [7, 11) is 0. The van der Waals surface area contributed by atoms with Crippen LogP contribution < -0.4 is 4.74 Å². The van der Waals surface area contributed by atoms with Crippen LogP contribution in [0.2, 0.25) is 0 Å². The van der Waals surface area contributed by atoms with Gasteiger partial charge in [0, 0.05) is 0 Å². The van der Waals surface area contributed by atoms with E-state index in [-0.39, 0.29) is 0 Å². The fraction of sp³-hybridized carbons (Fsp3) is 0. The standard InChI is InChI=1S/C7H5OS/c1-2-4-7-6(3-1)8-5-9-7/h1-5H. The Kier molecular flexibility index (Phi) is 1.12. The van der Waals surface area contributed by atoms with Gasteiger partial charge in [-0.15, -0.1) is 0 Å². The van der Waals surface area contributed by atoms with Gasteiger partial charge in [-0.25, -0.2) is 0 Å². The molecule has 1 aromatic carbocycles.